The lowest BCUT2D eigenvalue weighted by atomic mass is 9.71. The van der Waals surface area contributed by atoms with Crippen LogP contribution in [0.4, 0.5) is 14.5 Å². The first kappa shape index (κ1) is 22.0. The van der Waals surface area contributed by atoms with Crippen molar-refractivity contribution in [1.82, 2.24) is 0 Å². The Morgan fingerprint density at radius 1 is 1.13 bits per heavy atom. The molecule has 1 aliphatic carbocycles. The molecule has 1 amide bonds. The summed E-state index contributed by atoms with van der Waals surface area (Å²) in [6.07, 6.45) is -1.32. The fourth-order valence-electron chi connectivity index (χ4n) is 4.24. The van der Waals surface area contributed by atoms with Crippen LogP contribution in [0.25, 0.3) is 0 Å². The molecule has 3 atom stereocenters. The van der Waals surface area contributed by atoms with Gasteiger partial charge in [-0.2, -0.15) is 0 Å². The van der Waals surface area contributed by atoms with E-state index in [0.717, 1.165) is 12.1 Å². The Morgan fingerprint density at radius 3 is 2.61 bits per heavy atom. The minimum atomic E-state index is -1.70. The minimum absolute atomic E-state index is 0.00210. The molecule has 0 radical (unpaired) electrons. The molecule has 166 valence electrons. The molecule has 4 rings (SSSR count). The van der Waals surface area contributed by atoms with E-state index < -0.39 is 28.9 Å². The van der Waals surface area contributed by atoms with Crippen molar-refractivity contribution in [2.75, 3.05) is 11.9 Å². The van der Waals surface area contributed by atoms with Gasteiger partial charge in [0.05, 0.1) is 17.4 Å². The maximum atomic E-state index is 14.3. The third-order valence-corrected chi connectivity index (χ3v) is 6.35. The molecule has 9 heteroatoms. The highest BCUT2D eigenvalue weighted by Gasteiger charge is 2.49. The standard InChI is InChI=1S/C22H22ClF2NO5/c23-12-1-3-14(16(25)9-12)21(29)7-8-22(30,18(27)10-21)11-31-17-5-4-15(24)20-13(17)2-6-19(28)26-20/h1,3-5,9,18,27,29-30H,2,6-8,10-11H2,(H,26,28)/t18-,21?,22-/m1/s1. The number of anilines is 1. The Hall–Kier alpha value is -2.26. The Bertz CT molecular complexity index is 1040. The van der Waals surface area contributed by atoms with Crippen molar-refractivity contribution in [2.45, 2.75) is 49.4 Å². The summed E-state index contributed by atoms with van der Waals surface area (Å²) in [6.45, 7) is -0.320. The van der Waals surface area contributed by atoms with E-state index in [1.807, 2.05) is 0 Å². The van der Waals surface area contributed by atoms with E-state index >= 15 is 0 Å². The van der Waals surface area contributed by atoms with Gasteiger partial charge in [-0.25, -0.2) is 8.78 Å². The van der Waals surface area contributed by atoms with Crippen LogP contribution in [0.15, 0.2) is 30.3 Å². The molecule has 0 saturated heterocycles. The van der Waals surface area contributed by atoms with Crippen LogP contribution in [0.1, 0.15) is 36.8 Å². The highest BCUT2D eigenvalue weighted by Crippen LogP contribution is 2.43. The molecule has 6 nitrogen and oxygen atoms in total. The lowest BCUT2D eigenvalue weighted by Crippen LogP contribution is -2.55. The zero-order chi connectivity index (χ0) is 22.4. The molecular weight excluding hydrogens is 432 g/mol. The Labute approximate surface area is 182 Å². The third kappa shape index (κ3) is 4.13. The maximum absolute atomic E-state index is 14.3. The lowest BCUT2D eigenvalue weighted by Gasteiger charge is -2.44. The fourth-order valence-corrected chi connectivity index (χ4v) is 4.40. The van der Waals surface area contributed by atoms with Gasteiger partial charge in [-0.05, 0) is 43.5 Å². The third-order valence-electron chi connectivity index (χ3n) is 6.12. The average molecular weight is 454 g/mol. The van der Waals surface area contributed by atoms with Crippen LogP contribution in [0.2, 0.25) is 5.02 Å². The fraction of sp³-hybridized carbons (Fsp3) is 0.409. The van der Waals surface area contributed by atoms with E-state index in [9.17, 15) is 28.9 Å². The number of aliphatic hydroxyl groups is 3. The maximum Gasteiger partial charge on any atom is 0.224 e. The van der Waals surface area contributed by atoms with Crippen LogP contribution in [0, 0.1) is 11.6 Å². The first-order chi connectivity index (χ1) is 14.6. The summed E-state index contributed by atoms with van der Waals surface area (Å²) in [5, 5.41) is 35.2. The molecule has 0 spiro atoms. The van der Waals surface area contributed by atoms with Gasteiger partial charge in [-0.3, -0.25) is 4.79 Å². The summed E-state index contributed by atoms with van der Waals surface area (Å²) in [5.41, 5.74) is -2.83. The number of fused-ring (bicyclic) bond motifs is 1. The largest absolute Gasteiger partial charge is 0.490 e. The van der Waals surface area contributed by atoms with Crippen LogP contribution in [0.5, 0.6) is 5.75 Å². The molecule has 4 N–H and O–H groups in total. The van der Waals surface area contributed by atoms with Gasteiger partial charge in [-0.15, -0.1) is 0 Å². The van der Waals surface area contributed by atoms with Gasteiger partial charge < -0.3 is 25.4 Å². The number of aliphatic hydroxyl groups excluding tert-OH is 1. The van der Waals surface area contributed by atoms with Crippen molar-refractivity contribution in [3.05, 3.63) is 58.1 Å². The monoisotopic (exact) mass is 453 g/mol. The first-order valence-electron chi connectivity index (χ1n) is 9.94. The predicted octanol–water partition coefficient (Wildman–Crippen LogP) is 3.05. The van der Waals surface area contributed by atoms with Crippen molar-refractivity contribution in [3.63, 3.8) is 0 Å². The van der Waals surface area contributed by atoms with Gasteiger partial charge in [0.1, 0.15) is 29.6 Å². The molecule has 1 heterocycles. The molecule has 2 aliphatic rings. The number of carbonyl (C=O) groups is 1. The zero-order valence-corrected chi connectivity index (χ0v) is 17.3. The average Bonchev–Trinajstić information content (AvgIpc) is 2.71. The van der Waals surface area contributed by atoms with E-state index in [2.05, 4.69) is 5.32 Å². The van der Waals surface area contributed by atoms with Crippen molar-refractivity contribution in [1.29, 1.82) is 0 Å². The molecule has 1 fully saturated rings. The van der Waals surface area contributed by atoms with Crippen LogP contribution in [-0.2, 0) is 16.8 Å². The van der Waals surface area contributed by atoms with E-state index in [4.69, 9.17) is 16.3 Å². The summed E-state index contributed by atoms with van der Waals surface area (Å²) >= 11 is 5.77. The molecule has 1 aliphatic heterocycles. The number of nitrogens with one attached hydrogen (secondary N) is 1. The topological polar surface area (TPSA) is 99.0 Å². The number of ether oxygens (including phenoxy) is 1. The Morgan fingerprint density at radius 2 is 1.90 bits per heavy atom. The Balaban J connectivity index is 1.50. The van der Waals surface area contributed by atoms with Gasteiger partial charge in [0.25, 0.3) is 0 Å². The Kier molecular flexibility index (Phi) is 5.68. The van der Waals surface area contributed by atoms with Gasteiger partial charge in [0, 0.05) is 29.0 Å². The van der Waals surface area contributed by atoms with Crippen LogP contribution < -0.4 is 10.1 Å². The smallest absolute Gasteiger partial charge is 0.224 e. The predicted molar refractivity (Wildman–Crippen MR) is 109 cm³/mol. The summed E-state index contributed by atoms with van der Waals surface area (Å²) in [6, 6.07) is 6.46. The summed E-state index contributed by atoms with van der Waals surface area (Å²) < 4.78 is 34.1. The number of amides is 1. The second-order valence-electron chi connectivity index (χ2n) is 8.22. The van der Waals surface area contributed by atoms with E-state index in [1.54, 1.807) is 0 Å². The SMILES string of the molecule is O=C1CCc2c(OC[C@]3(O)CCC(O)(c4ccc(Cl)cc4F)C[C@H]3O)ccc(F)c2N1. The number of halogens is 3. The van der Waals surface area contributed by atoms with Crippen molar-refractivity contribution >= 4 is 23.2 Å². The van der Waals surface area contributed by atoms with E-state index in [1.165, 1.54) is 18.2 Å². The molecule has 1 saturated carbocycles. The number of rotatable bonds is 4. The summed E-state index contributed by atoms with van der Waals surface area (Å²) in [4.78, 5) is 11.6. The minimum Gasteiger partial charge on any atom is -0.490 e. The molecule has 0 bridgehead atoms. The van der Waals surface area contributed by atoms with E-state index in [0.29, 0.717) is 11.3 Å². The summed E-state index contributed by atoms with van der Waals surface area (Å²) in [7, 11) is 0. The second kappa shape index (κ2) is 8.02. The number of hydrogen-bond acceptors (Lipinski definition) is 5. The molecule has 2 aromatic carbocycles. The van der Waals surface area contributed by atoms with Gasteiger partial charge in [0.2, 0.25) is 5.91 Å². The number of hydrogen-bond donors (Lipinski definition) is 4. The molecular formula is C22H22ClF2NO5. The number of carbonyl (C=O) groups excluding carboxylic acids is 1. The van der Waals surface area contributed by atoms with Crippen molar-refractivity contribution in [3.8, 4) is 5.75 Å². The number of benzene rings is 2. The van der Waals surface area contributed by atoms with Crippen molar-refractivity contribution in [2.24, 2.45) is 0 Å². The second-order valence-corrected chi connectivity index (χ2v) is 8.65. The molecule has 31 heavy (non-hydrogen) atoms. The molecule has 1 unspecified atom stereocenters. The van der Waals surface area contributed by atoms with E-state index in [-0.39, 0.29) is 60.9 Å². The highest BCUT2D eigenvalue weighted by atomic mass is 35.5. The summed E-state index contributed by atoms with van der Waals surface area (Å²) in [5.74, 6) is -1.27. The highest BCUT2D eigenvalue weighted by molar-refractivity contribution is 6.30. The van der Waals surface area contributed by atoms with Crippen LogP contribution in [-0.4, -0.2) is 39.5 Å². The van der Waals surface area contributed by atoms with Crippen LogP contribution in [0.3, 0.4) is 0 Å². The quantitative estimate of drug-likeness (QED) is 0.570. The molecule has 0 aromatic heterocycles. The normalized spacial score (nSPS) is 28.1. The zero-order valence-electron chi connectivity index (χ0n) is 16.5. The van der Waals surface area contributed by atoms with Gasteiger partial charge >= 0.3 is 0 Å². The van der Waals surface area contributed by atoms with Gasteiger partial charge in [0.15, 0.2) is 0 Å². The molecule has 2 aromatic rings. The van der Waals surface area contributed by atoms with Crippen LogP contribution >= 0.6 is 11.6 Å². The first-order valence-corrected chi connectivity index (χ1v) is 10.3. The van der Waals surface area contributed by atoms with Gasteiger partial charge in [-0.1, -0.05) is 17.7 Å². The van der Waals surface area contributed by atoms with Crippen molar-refractivity contribution < 1.29 is 33.6 Å². The lowest BCUT2D eigenvalue weighted by molar-refractivity contribution is -0.172.